The SMILES string of the molecule is O=C1CCC(Nc2nc3ccccc3o2)C(=O)N1. The van der Waals surface area contributed by atoms with E-state index in [9.17, 15) is 9.59 Å². The number of carbonyl (C=O) groups excluding carboxylic acids is 2. The number of piperidine rings is 1. The van der Waals surface area contributed by atoms with Crippen LogP contribution in [0.2, 0.25) is 0 Å². The first-order valence-corrected chi connectivity index (χ1v) is 5.68. The molecule has 0 bridgehead atoms. The second kappa shape index (κ2) is 4.14. The zero-order chi connectivity index (χ0) is 12.5. The average Bonchev–Trinajstić information content (AvgIpc) is 2.75. The minimum absolute atomic E-state index is 0.240. The first-order valence-electron chi connectivity index (χ1n) is 5.68. The summed E-state index contributed by atoms with van der Waals surface area (Å²) >= 11 is 0. The third-order valence-electron chi connectivity index (χ3n) is 2.83. The van der Waals surface area contributed by atoms with Gasteiger partial charge >= 0.3 is 0 Å². The van der Waals surface area contributed by atoms with Crippen molar-refractivity contribution in [3.8, 4) is 0 Å². The molecule has 6 heteroatoms. The lowest BCUT2D eigenvalue weighted by atomic mass is 10.1. The number of benzene rings is 1. The van der Waals surface area contributed by atoms with Crippen LogP contribution >= 0.6 is 0 Å². The first kappa shape index (κ1) is 10.8. The lowest BCUT2D eigenvalue weighted by molar-refractivity contribution is -0.133. The summed E-state index contributed by atoms with van der Waals surface area (Å²) in [5, 5.41) is 5.17. The fourth-order valence-corrected chi connectivity index (χ4v) is 1.91. The van der Waals surface area contributed by atoms with Crippen molar-refractivity contribution in [1.29, 1.82) is 0 Å². The number of nitrogens with one attached hydrogen (secondary N) is 2. The molecule has 1 aromatic carbocycles. The molecule has 2 aromatic rings. The van der Waals surface area contributed by atoms with Gasteiger partial charge in [-0.2, -0.15) is 4.98 Å². The average molecular weight is 245 g/mol. The number of hydrogen-bond acceptors (Lipinski definition) is 5. The third kappa shape index (κ3) is 1.92. The predicted octanol–water partition coefficient (Wildman–Crippen LogP) is 1.04. The van der Waals surface area contributed by atoms with Gasteiger partial charge in [0.15, 0.2) is 5.58 Å². The number of rotatable bonds is 2. The Bertz CT molecular complexity index is 587. The molecule has 1 aliphatic heterocycles. The number of fused-ring (bicyclic) bond motifs is 1. The van der Waals surface area contributed by atoms with Gasteiger partial charge in [0.1, 0.15) is 11.6 Å². The molecule has 0 spiro atoms. The number of nitrogens with zero attached hydrogens (tertiary/aromatic N) is 1. The van der Waals surface area contributed by atoms with E-state index < -0.39 is 6.04 Å². The van der Waals surface area contributed by atoms with Gasteiger partial charge in [-0.25, -0.2) is 0 Å². The Morgan fingerprint density at radius 3 is 2.94 bits per heavy atom. The molecule has 92 valence electrons. The van der Waals surface area contributed by atoms with Crippen LogP contribution in [0.1, 0.15) is 12.8 Å². The number of hydrogen-bond donors (Lipinski definition) is 2. The number of oxazole rings is 1. The highest BCUT2D eigenvalue weighted by Gasteiger charge is 2.27. The summed E-state index contributed by atoms with van der Waals surface area (Å²) in [5.74, 6) is -0.580. The summed E-state index contributed by atoms with van der Waals surface area (Å²) in [6.45, 7) is 0. The van der Waals surface area contributed by atoms with Crippen molar-refractivity contribution in [2.45, 2.75) is 18.9 Å². The van der Waals surface area contributed by atoms with Crippen molar-refractivity contribution >= 4 is 28.9 Å². The summed E-state index contributed by atoms with van der Waals surface area (Å²) in [6, 6.07) is 7.16. The van der Waals surface area contributed by atoms with Gasteiger partial charge in [-0.3, -0.25) is 14.9 Å². The van der Waals surface area contributed by atoms with Gasteiger partial charge in [0.25, 0.3) is 6.01 Å². The monoisotopic (exact) mass is 245 g/mol. The van der Waals surface area contributed by atoms with Crippen LogP contribution in [0.4, 0.5) is 6.01 Å². The van der Waals surface area contributed by atoms with Crippen LogP contribution in [0.5, 0.6) is 0 Å². The van der Waals surface area contributed by atoms with E-state index in [2.05, 4.69) is 15.6 Å². The summed E-state index contributed by atoms with van der Waals surface area (Å²) in [4.78, 5) is 26.8. The number of imide groups is 1. The Hall–Kier alpha value is -2.37. The maximum Gasteiger partial charge on any atom is 0.296 e. The molecule has 1 saturated heterocycles. The van der Waals surface area contributed by atoms with E-state index in [1.165, 1.54) is 0 Å². The summed E-state index contributed by atoms with van der Waals surface area (Å²) in [7, 11) is 0. The zero-order valence-corrected chi connectivity index (χ0v) is 9.47. The van der Waals surface area contributed by atoms with Crippen LogP contribution in [0.25, 0.3) is 11.1 Å². The molecular formula is C12H11N3O3. The highest BCUT2D eigenvalue weighted by Crippen LogP contribution is 2.20. The molecule has 3 rings (SSSR count). The number of anilines is 1. The minimum atomic E-state index is -0.476. The molecule has 0 radical (unpaired) electrons. The fraction of sp³-hybridized carbons (Fsp3) is 0.250. The normalized spacial score (nSPS) is 19.9. The van der Waals surface area contributed by atoms with E-state index in [0.717, 1.165) is 5.52 Å². The van der Waals surface area contributed by atoms with E-state index in [-0.39, 0.29) is 11.8 Å². The number of aromatic nitrogens is 1. The highest BCUT2D eigenvalue weighted by atomic mass is 16.4. The largest absolute Gasteiger partial charge is 0.424 e. The van der Waals surface area contributed by atoms with Crippen molar-refractivity contribution in [2.75, 3.05) is 5.32 Å². The maximum absolute atomic E-state index is 11.6. The molecule has 1 aromatic heterocycles. The summed E-state index contributed by atoms with van der Waals surface area (Å²) in [5.41, 5.74) is 1.39. The van der Waals surface area contributed by atoms with Gasteiger partial charge < -0.3 is 9.73 Å². The van der Waals surface area contributed by atoms with Crippen molar-refractivity contribution in [2.24, 2.45) is 0 Å². The molecule has 18 heavy (non-hydrogen) atoms. The zero-order valence-electron chi connectivity index (χ0n) is 9.47. The van der Waals surface area contributed by atoms with Crippen LogP contribution in [-0.2, 0) is 9.59 Å². The molecule has 1 atom stereocenters. The van der Waals surface area contributed by atoms with Crippen LogP contribution < -0.4 is 10.6 Å². The van der Waals surface area contributed by atoms with Crippen LogP contribution in [0.3, 0.4) is 0 Å². The van der Waals surface area contributed by atoms with E-state index in [0.29, 0.717) is 24.4 Å². The molecule has 1 unspecified atom stereocenters. The fourth-order valence-electron chi connectivity index (χ4n) is 1.91. The van der Waals surface area contributed by atoms with Gasteiger partial charge in [0, 0.05) is 6.42 Å². The standard InChI is InChI=1S/C12H11N3O3/c16-10-6-5-8(11(17)15-10)14-12-13-7-3-1-2-4-9(7)18-12/h1-4,8H,5-6H2,(H,13,14)(H,15,16,17). The lowest BCUT2D eigenvalue weighted by Gasteiger charge is -2.20. The molecule has 6 nitrogen and oxygen atoms in total. The van der Waals surface area contributed by atoms with Crippen molar-refractivity contribution < 1.29 is 14.0 Å². The third-order valence-corrected chi connectivity index (χ3v) is 2.83. The van der Waals surface area contributed by atoms with E-state index >= 15 is 0 Å². The summed E-state index contributed by atoms with van der Waals surface area (Å²) < 4.78 is 5.46. The molecule has 2 heterocycles. The van der Waals surface area contributed by atoms with E-state index in [4.69, 9.17) is 4.42 Å². The van der Waals surface area contributed by atoms with Gasteiger partial charge in [-0.1, -0.05) is 12.1 Å². The summed E-state index contributed by atoms with van der Waals surface area (Å²) in [6.07, 6.45) is 0.771. The Balaban J connectivity index is 1.79. The molecule has 1 fully saturated rings. The van der Waals surface area contributed by atoms with Gasteiger partial charge in [0.05, 0.1) is 0 Å². The molecule has 2 N–H and O–H groups in total. The van der Waals surface area contributed by atoms with Gasteiger partial charge in [0.2, 0.25) is 11.8 Å². The number of para-hydroxylation sites is 2. The number of carbonyl (C=O) groups is 2. The smallest absolute Gasteiger partial charge is 0.296 e. The molecule has 1 aliphatic rings. The lowest BCUT2D eigenvalue weighted by Crippen LogP contribution is -2.47. The van der Waals surface area contributed by atoms with Crippen LogP contribution in [-0.4, -0.2) is 22.8 Å². The van der Waals surface area contributed by atoms with Crippen molar-refractivity contribution in [1.82, 2.24) is 10.3 Å². The first-order chi connectivity index (χ1) is 8.72. The van der Waals surface area contributed by atoms with Crippen molar-refractivity contribution in [3.05, 3.63) is 24.3 Å². The highest BCUT2D eigenvalue weighted by molar-refractivity contribution is 6.01. The molecule has 0 aliphatic carbocycles. The van der Waals surface area contributed by atoms with E-state index in [1.807, 2.05) is 18.2 Å². The Morgan fingerprint density at radius 1 is 1.33 bits per heavy atom. The second-order valence-electron chi connectivity index (χ2n) is 4.13. The van der Waals surface area contributed by atoms with E-state index in [1.54, 1.807) is 6.07 Å². The minimum Gasteiger partial charge on any atom is -0.424 e. The maximum atomic E-state index is 11.6. The van der Waals surface area contributed by atoms with Crippen LogP contribution in [0.15, 0.2) is 28.7 Å². The molecular weight excluding hydrogens is 234 g/mol. The Kier molecular flexibility index (Phi) is 2.47. The quantitative estimate of drug-likeness (QED) is 0.772. The topological polar surface area (TPSA) is 84.2 Å². The van der Waals surface area contributed by atoms with Gasteiger partial charge in [-0.05, 0) is 18.6 Å². The second-order valence-corrected chi connectivity index (χ2v) is 4.13. The number of amides is 2. The molecule has 0 saturated carbocycles. The Morgan fingerprint density at radius 2 is 2.17 bits per heavy atom. The van der Waals surface area contributed by atoms with Gasteiger partial charge in [-0.15, -0.1) is 0 Å². The van der Waals surface area contributed by atoms with Crippen molar-refractivity contribution in [3.63, 3.8) is 0 Å². The molecule has 2 amide bonds. The van der Waals surface area contributed by atoms with Crippen LogP contribution in [0, 0.1) is 0 Å². The Labute approximate surface area is 102 Å². The predicted molar refractivity (Wildman–Crippen MR) is 63.8 cm³/mol.